The van der Waals surface area contributed by atoms with E-state index in [1.54, 1.807) is 25.3 Å². The molecular formula is C18H19FN2O4S. The van der Waals surface area contributed by atoms with Crippen LogP contribution in [-0.4, -0.2) is 27.5 Å². The van der Waals surface area contributed by atoms with Gasteiger partial charge < -0.3 is 10.1 Å². The van der Waals surface area contributed by atoms with Crippen LogP contribution in [0.2, 0.25) is 0 Å². The maximum Gasteiger partial charge on any atom is 0.255 e. The van der Waals surface area contributed by atoms with Gasteiger partial charge in [0, 0.05) is 24.4 Å². The Bertz CT molecular complexity index is 927. The molecule has 6 nitrogen and oxygen atoms in total. The number of hydrogen-bond donors (Lipinski definition) is 2. The lowest BCUT2D eigenvalue weighted by molar-refractivity contribution is 0.102. The summed E-state index contributed by atoms with van der Waals surface area (Å²) in [5.41, 5.74) is 1.47. The standard InChI is InChI=1S/C18H19FN2O4S/c1-25-11-12-3-2-4-15(9-12)20-18(22)13-5-8-16(19)17(10-13)26(23,24)21-14-6-7-14/h2-5,8-10,14,21H,6-7,11H2,1H3,(H,20,22). The molecule has 138 valence electrons. The second-order valence-corrected chi connectivity index (χ2v) is 7.81. The Hall–Kier alpha value is -2.29. The van der Waals surface area contributed by atoms with Crippen LogP contribution in [-0.2, 0) is 21.4 Å². The Balaban J connectivity index is 1.81. The van der Waals surface area contributed by atoms with E-state index in [2.05, 4.69) is 10.0 Å². The third-order valence-electron chi connectivity index (χ3n) is 3.88. The van der Waals surface area contributed by atoms with Gasteiger partial charge in [-0.3, -0.25) is 4.79 Å². The molecule has 1 aliphatic carbocycles. The number of rotatable bonds is 7. The van der Waals surface area contributed by atoms with Crippen molar-refractivity contribution in [3.63, 3.8) is 0 Å². The van der Waals surface area contributed by atoms with Crippen molar-refractivity contribution in [2.24, 2.45) is 0 Å². The monoisotopic (exact) mass is 378 g/mol. The molecule has 0 saturated heterocycles. The van der Waals surface area contributed by atoms with Gasteiger partial charge in [0.25, 0.3) is 5.91 Å². The van der Waals surface area contributed by atoms with Gasteiger partial charge in [-0.25, -0.2) is 17.5 Å². The predicted molar refractivity (Wildman–Crippen MR) is 94.9 cm³/mol. The minimum absolute atomic E-state index is 0.0553. The highest BCUT2D eigenvalue weighted by molar-refractivity contribution is 7.89. The molecule has 8 heteroatoms. The van der Waals surface area contributed by atoms with Crippen molar-refractivity contribution in [3.05, 3.63) is 59.4 Å². The lowest BCUT2D eigenvalue weighted by Gasteiger charge is -2.10. The lowest BCUT2D eigenvalue weighted by Crippen LogP contribution is -2.27. The van der Waals surface area contributed by atoms with E-state index in [1.807, 2.05) is 6.07 Å². The smallest absolute Gasteiger partial charge is 0.255 e. The number of sulfonamides is 1. The zero-order chi connectivity index (χ0) is 18.7. The van der Waals surface area contributed by atoms with E-state index in [-0.39, 0.29) is 11.6 Å². The first-order chi connectivity index (χ1) is 12.4. The Kier molecular flexibility index (Phi) is 5.36. The number of hydrogen-bond acceptors (Lipinski definition) is 4. The molecule has 1 aliphatic rings. The number of ether oxygens (including phenoxy) is 1. The van der Waals surface area contributed by atoms with E-state index in [1.165, 1.54) is 6.07 Å². The number of methoxy groups -OCH3 is 1. The summed E-state index contributed by atoms with van der Waals surface area (Å²) in [7, 11) is -2.42. The molecule has 0 spiro atoms. The lowest BCUT2D eigenvalue weighted by atomic mass is 10.2. The average molecular weight is 378 g/mol. The van der Waals surface area contributed by atoms with Gasteiger partial charge in [0.2, 0.25) is 10.0 Å². The number of anilines is 1. The second-order valence-electron chi connectivity index (χ2n) is 6.13. The Morgan fingerprint density at radius 2 is 2.00 bits per heavy atom. The van der Waals surface area contributed by atoms with Gasteiger partial charge in [-0.2, -0.15) is 0 Å². The van der Waals surface area contributed by atoms with Crippen molar-refractivity contribution < 1.29 is 22.3 Å². The van der Waals surface area contributed by atoms with Crippen molar-refractivity contribution in [2.45, 2.75) is 30.4 Å². The molecule has 3 rings (SSSR count). The van der Waals surface area contributed by atoms with Crippen LogP contribution in [0.5, 0.6) is 0 Å². The van der Waals surface area contributed by atoms with Gasteiger partial charge in [-0.15, -0.1) is 0 Å². The maximum atomic E-state index is 14.0. The Morgan fingerprint density at radius 3 is 2.69 bits per heavy atom. The predicted octanol–water partition coefficient (Wildman–Crippen LogP) is 2.67. The number of benzene rings is 2. The molecule has 0 atom stereocenters. The second kappa shape index (κ2) is 7.53. The highest BCUT2D eigenvalue weighted by Crippen LogP contribution is 2.24. The highest BCUT2D eigenvalue weighted by atomic mass is 32.2. The summed E-state index contributed by atoms with van der Waals surface area (Å²) < 4.78 is 46.0. The first-order valence-corrected chi connectivity index (χ1v) is 9.58. The van der Waals surface area contributed by atoms with Gasteiger partial charge in [-0.1, -0.05) is 12.1 Å². The van der Waals surface area contributed by atoms with Gasteiger partial charge in [0.05, 0.1) is 6.61 Å². The molecule has 2 aromatic rings. The van der Waals surface area contributed by atoms with Crippen molar-refractivity contribution in [2.75, 3.05) is 12.4 Å². The summed E-state index contributed by atoms with van der Waals surface area (Å²) >= 11 is 0. The van der Waals surface area contributed by atoms with Crippen LogP contribution in [0.4, 0.5) is 10.1 Å². The Labute approximate surface area is 151 Å². The summed E-state index contributed by atoms with van der Waals surface area (Å²) in [6, 6.07) is 10.2. The molecule has 1 saturated carbocycles. The summed E-state index contributed by atoms with van der Waals surface area (Å²) in [5, 5.41) is 2.68. The van der Waals surface area contributed by atoms with Crippen molar-refractivity contribution in [3.8, 4) is 0 Å². The highest BCUT2D eigenvalue weighted by Gasteiger charge is 2.30. The number of nitrogens with one attached hydrogen (secondary N) is 2. The minimum Gasteiger partial charge on any atom is -0.380 e. The van der Waals surface area contributed by atoms with Crippen molar-refractivity contribution in [1.29, 1.82) is 0 Å². The molecule has 0 bridgehead atoms. The van der Waals surface area contributed by atoms with E-state index >= 15 is 0 Å². The van der Waals surface area contributed by atoms with Crippen LogP contribution in [0, 0.1) is 5.82 Å². The van der Waals surface area contributed by atoms with Crippen LogP contribution in [0.1, 0.15) is 28.8 Å². The van der Waals surface area contributed by atoms with Crippen molar-refractivity contribution >= 4 is 21.6 Å². The van der Waals surface area contributed by atoms with E-state index < -0.39 is 26.6 Å². The van der Waals surface area contributed by atoms with Crippen LogP contribution in [0.3, 0.4) is 0 Å². The molecule has 0 aromatic heterocycles. The molecule has 0 heterocycles. The summed E-state index contributed by atoms with van der Waals surface area (Å²) in [6.45, 7) is 0.398. The van der Waals surface area contributed by atoms with Gasteiger partial charge >= 0.3 is 0 Å². The fraction of sp³-hybridized carbons (Fsp3) is 0.278. The molecule has 1 fully saturated rings. The molecule has 0 aliphatic heterocycles. The number of amides is 1. The van der Waals surface area contributed by atoms with E-state index in [0.717, 1.165) is 30.5 Å². The summed E-state index contributed by atoms with van der Waals surface area (Å²) in [4.78, 5) is 11.9. The first-order valence-electron chi connectivity index (χ1n) is 8.10. The SMILES string of the molecule is COCc1cccc(NC(=O)c2ccc(F)c(S(=O)(=O)NC3CC3)c2)c1. The molecule has 26 heavy (non-hydrogen) atoms. The van der Waals surface area contributed by atoms with Crippen LogP contribution >= 0.6 is 0 Å². The number of carbonyl (C=O) groups excluding carboxylic acids is 1. The fourth-order valence-corrected chi connectivity index (χ4v) is 3.85. The summed E-state index contributed by atoms with van der Waals surface area (Å²) in [6.07, 6.45) is 1.47. The molecule has 0 radical (unpaired) electrons. The zero-order valence-electron chi connectivity index (χ0n) is 14.2. The van der Waals surface area contributed by atoms with Gasteiger partial charge in [0.1, 0.15) is 10.7 Å². The first kappa shape index (κ1) is 18.5. The quantitative estimate of drug-likeness (QED) is 0.776. The van der Waals surface area contributed by atoms with E-state index in [4.69, 9.17) is 4.74 Å². The Morgan fingerprint density at radius 1 is 1.23 bits per heavy atom. The van der Waals surface area contributed by atoms with E-state index in [0.29, 0.717) is 12.3 Å². The average Bonchev–Trinajstić information content (AvgIpc) is 3.39. The number of halogens is 1. The largest absolute Gasteiger partial charge is 0.380 e. The maximum absolute atomic E-state index is 14.0. The number of carbonyl (C=O) groups is 1. The van der Waals surface area contributed by atoms with Crippen LogP contribution in [0.15, 0.2) is 47.4 Å². The molecule has 0 unspecified atom stereocenters. The topological polar surface area (TPSA) is 84.5 Å². The van der Waals surface area contributed by atoms with Gasteiger partial charge in [-0.05, 0) is 48.7 Å². The zero-order valence-corrected chi connectivity index (χ0v) is 15.0. The molecule has 2 aromatic carbocycles. The molecular weight excluding hydrogens is 359 g/mol. The van der Waals surface area contributed by atoms with Crippen LogP contribution < -0.4 is 10.0 Å². The van der Waals surface area contributed by atoms with E-state index in [9.17, 15) is 17.6 Å². The third kappa shape index (κ3) is 4.46. The van der Waals surface area contributed by atoms with Crippen molar-refractivity contribution in [1.82, 2.24) is 4.72 Å². The van der Waals surface area contributed by atoms with Crippen LogP contribution in [0.25, 0.3) is 0 Å². The molecule has 2 N–H and O–H groups in total. The molecule has 1 amide bonds. The normalized spacial score (nSPS) is 14.2. The van der Waals surface area contributed by atoms with Gasteiger partial charge in [0.15, 0.2) is 0 Å². The third-order valence-corrected chi connectivity index (χ3v) is 5.41. The fourth-order valence-electron chi connectivity index (χ4n) is 2.44. The summed E-state index contributed by atoms with van der Waals surface area (Å²) in [5.74, 6) is -1.42. The minimum atomic E-state index is -3.99.